The van der Waals surface area contributed by atoms with Gasteiger partial charge in [-0.15, -0.1) is 0 Å². The van der Waals surface area contributed by atoms with E-state index in [1.807, 2.05) is 0 Å². The molecule has 0 unspecified atom stereocenters. The Labute approximate surface area is 119 Å². The summed E-state index contributed by atoms with van der Waals surface area (Å²) >= 11 is 0. The molecule has 0 aliphatic carbocycles. The van der Waals surface area contributed by atoms with E-state index in [1.54, 1.807) is 20.8 Å². The molecule has 114 valence electrons. The predicted molar refractivity (Wildman–Crippen MR) is 74.9 cm³/mol. The molecule has 4 N–H and O–H groups in total. The van der Waals surface area contributed by atoms with Crippen LogP contribution >= 0.6 is 0 Å². The number of carbonyl (C=O) groups is 3. The molecule has 0 spiro atoms. The van der Waals surface area contributed by atoms with Gasteiger partial charge in [0.05, 0.1) is 6.04 Å². The molecule has 20 heavy (non-hydrogen) atoms. The monoisotopic (exact) mass is 284 g/mol. The molecule has 0 aromatic heterocycles. The molecule has 1 fully saturated rings. The van der Waals surface area contributed by atoms with Gasteiger partial charge < -0.3 is 21.3 Å². The zero-order valence-corrected chi connectivity index (χ0v) is 12.3. The zero-order valence-electron chi connectivity index (χ0n) is 12.3. The maximum atomic E-state index is 11.9. The summed E-state index contributed by atoms with van der Waals surface area (Å²) in [6, 6.07) is -1.63. The number of hydrogen-bond donors (Lipinski definition) is 4. The molecule has 0 radical (unpaired) electrons. The van der Waals surface area contributed by atoms with E-state index in [0.717, 1.165) is 12.8 Å². The third kappa shape index (κ3) is 5.16. The van der Waals surface area contributed by atoms with Crippen LogP contribution in [0.2, 0.25) is 0 Å². The Balaban J connectivity index is 2.67. The topological polar surface area (TPSA) is 99.3 Å². The summed E-state index contributed by atoms with van der Waals surface area (Å²) in [5.74, 6) is -0.803. The van der Waals surface area contributed by atoms with Gasteiger partial charge in [-0.3, -0.25) is 14.4 Å². The Kier molecular flexibility index (Phi) is 6.44. The Hall–Kier alpha value is -1.63. The molecule has 1 aliphatic rings. The van der Waals surface area contributed by atoms with Crippen LogP contribution in [0.5, 0.6) is 0 Å². The fraction of sp³-hybridized carbons (Fsp3) is 0.769. The molecule has 1 rings (SSSR count). The van der Waals surface area contributed by atoms with Crippen molar-refractivity contribution < 1.29 is 14.4 Å². The highest BCUT2D eigenvalue weighted by molar-refractivity contribution is 5.92. The number of carbonyl (C=O) groups excluding carboxylic acids is 3. The van der Waals surface area contributed by atoms with Gasteiger partial charge in [0.25, 0.3) is 0 Å². The number of nitrogens with one attached hydrogen (secondary N) is 4. The average Bonchev–Trinajstić information content (AvgIpc) is 2.40. The lowest BCUT2D eigenvalue weighted by atomic mass is 10.2. The average molecular weight is 284 g/mol. The first-order chi connectivity index (χ1) is 9.41. The zero-order chi connectivity index (χ0) is 15.1. The maximum Gasteiger partial charge on any atom is 0.242 e. The van der Waals surface area contributed by atoms with Crippen LogP contribution in [0.3, 0.4) is 0 Å². The highest BCUT2D eigenvalue weighted by Crippen LogP contribution is 1.93. The van der Waals surface area contributed by atoms with Gasteiger partial charge in [0.15, 0.2) is 0 Å². The van der Waals surface area contributed by atoms with Crippen molar-refractivity contribution in [2.24, 2.45) is 0 Å². The van der Waals surface area contributed by atoms with Gasteiger partial charge in [-0.05, 0) is 40.2 Å². The summed E-state index contributed by atoms with van der Waals surface area (Å²) in [6.07, 6.45) is 1.69. The number of amides is 3. The van der Waals surface area contributed by atoms with Crippen molar-refractivity contribution in [3.8, 4) is 0 Å². The molecular weight excluding hydrogens is 260 g/mol. The first-order valence-corrected chi connectivity index (χ1v) is 7.03. The molecule has 1 heterocycles. The molecule has 7 nitrogen and oxygen atoms in total. The second-order valence-electron chi connectivity index (χ2n) is 5.13. The van der Waals surface area contributed by atoms with E-state index in [9.17, 15) is 14.4 Å². The minimum atomic E-state index is -0.676. The van der Waals surface area contributed by atoms with Gasteiger partial charge in [-0.2, -0.15) is 0 Å². The first-order valence-electron chi connectivity index (χ1n) is 7.03. The van der Waals surface area contributed by atoms with Crippen LogP contribution in [0, 0.1) is 0 Å². The minimum Gasteiger partial charge on any atom is -0.354 e. The quantitative estimate of drug-likeness (QED) is 0.453. The normalized spacial score (nSPS) is 30.8. The van der Waals surface area contributed by atoms with Crippen LogP contribution in [0.25, 0.3) is 0 Å². The highest BCUT2D eigenvalue weighted by atomic mass is 16.2. The molecule has 0 saturated carbocycles. The van der Waals surface area contributed by atoms with E-state index in [-0.39, 0.29) is 23.8 Å². The van der Waals surface area contributed by atoms with E-state index in [4.69, 9.17) is 0 Å². The van der Waals surface area contributed by atoms with Crippen molar-refractivity contribution in [3.05, 3.63) is 0 Å². The molecule has 7 heteroatoms. The second-order valence-corrected chi connectivity index (χ2v) is 5.13. The molecule has 0 bridgehead atoms. The van der Waals surface area contributed by atoms with Crippen molar-refractivity contribution in [2.45, 2.75) is 51.7 Å². The fourth-order valence-electron chi connectivity index (χ4n) is 1.83. The molecule has 1 saturated heterocycles. The fourth-order valence-corrected chi connectivity index (χ4v) is 1.83. The molecule has 0 aromatic carbocycles. The summed E-state index contributed by atoms with van der Waals surface area (Å²) in [5, 5.41) is 11.1. The second kappa shape index (κ2) is 7.84. The Bertz CT molecular complexity index is 373. The summed E-state index contributed by atoms with van der Waals surface area (Å²) in [7, 11) is 0. The van der Waals surface area contributed by atoms with Gasteiger partial charge in [0.2, 0.25) is 17.7 Å². The minimum absolute atomic E-state index is 0.213. The SMILES string of the molecule is C[C@@H]1NCCCCNC(=O)[C@H](C)NC(=O)[C@H](C)NC1=O. The lowest BCUT2D eigenvalue weighted by molar-refractivity contribution is -0.132. The summed E-state index contributed by atoms with van der Waals surface area (Å²) in [4.78, 5) is 35.4. The van der Waals surface area contributed by atoms with Gasteiger partial charge in [0.1, 0.15) is 12.1 Å². The Morgan fingerprint density at radius 1 is 0.750 bits per heavy atom. The van der Waals surface area contributed by atoms with Gasteiger partial charge in [-0.25, -0.2) is 0 Å². The van der Waals surface area contributed by atoms with E-state index in [0.29, 0.717) is 13.1 Å². The summed E-state index contributed by atoms with van der Waals surface area (Å²) < 4.78 is 0. The molecule has 0 aromatic rings. The van der Waals surface area contributed by atoms with E-state index < -0.39 is 12.1 Å². The van der Waals surface area contributed by atoms with Crippen molar-refractivity contribution >= 4 is 17.7 Å². The highest BCUT2D eigenvalue weighted by Gasteiger charge is 2.22. The number of rotatable bonds is 0. The van der Waals surface area contributed by atoms with E-state index in [1.165, 1.54) is 0 Å². The Morgan fingerprint density at radius 3 is 1.90 bits per heavy atom. The third-order valence-electron chi connectivity index (χ3n) is 3.25. The smallest absolute Gasteiger partial charge is 0.242 e. The van der Waals surface area contributed by atoms with Crippen LogP contribution in [0.15, 0.2) is 0 Å². The molecule has 1 aliphatic heterocycles. The largest absolute Gasteiger partial charge is 0.354 e. The number of hydrogen-bond acceptors (Lipinski definition) is 4. The Morgan fingerprint density at radius 2 is 1.25 bits per heavy atom. The van der Waals surface area contributed by atoms with Gasteiger partial charge >= 0.3 is 0 Å². The maximum absolute atomic E-state index is 11.9. The molecular formula is C13H24N4O3. The van der Waals surface area contributed by atoms with E-state index in [2.05, 4.69) is 21.3 Å². The lowest BCUT2D eigenvalue weighted by Crippen LogP contribution is -2.54. The van der Waals surface area contributed by atoms with Crippen LogP contribution in [-0.4, -0.2) is 48.9 Å². The van der Waals surface area contributed by atoms with E-state index >= 15 is 0 Å². The van der Waals surface area contributed by atoms with Crippen molar-refractivity contribution in [3.63, 3.8) is 0 Å². The first kappa shape index (κ1) is 16.4. The van der Waals surface area contributed by atoms with Gasteiger partial charge in [-0.1, -0.05) is 0 Å². The standard InChI is InChI=1S/C13H24N4O3/c1-8-12(19)17-10(3)13(20)16-9(2)11(18)15-7-5-4-6-14-8/h8-10,14H,4-7H2,1-3H3,(H,15,18)(H,16,20)(H,17,19)/t8-,9-,10-/m0/s1. The van der Waals surface area contributed by atoms with Crippen LogP contribution in [-0.2, 0) is 14.4 Å². The van der Waals surface area contributed by atoms with Crippen molar-refractivity contribution in [1.29, 1.82) is 0 Å². The third-order valence-corrected chi connectivity index (χ3v) is 3.25. The molecule has 3 amide bonds. The summed E-state index contributed by atoms with van der Waals surface area (Å²) in [6.45, 7) is 6.24. The van der Waals surface area contributed by atoms with Crippen LogP contribution < -0.4 is 21.3 Å². The molecule has 3 atom stereocenters. The van der Waals surface area contributed by atoms with Crippen LogP contribution in [0.1, 0.15) is 33.6 Å². The predicted octanol–water partition coefficient (Wildman–Crippen LogP) is -1.12. The van der Waals surface area contributed by atoms with Crippen molar-refractivity contribution in [2.75, 3.05) is 13.1 Å². The van der Waals surface area contributed by atoms with Crippen LogP contribution in [0.4, 0.5) is 0 Å². The van der Waals surface area contributed by atoms with Gasteiger partial charge in [0, 0.05) is 6.54 Å². The van der Waals surface area contributed by atoms with Crippen molar-refractivity contribution in [1.82, 2.24) is 21.3 Å². The lowest BCUT2D eigenvalue weighted by Gasteiger charge is -2.21. The summed E-state index contributed by atoms with van der Waals surface area (Å²) in [5.41, 5.74) is 0.